The minimum absolute atomic E-state index is 0.118. The van der Waals surface area contributed by atoms with Crippen LogP contribution in [0.25, 0.3) is 5.69 Å². The van der Waals surface area contributed by atoms with Crippen molar-refractivity contribution in [2.24, 2.45) is 0 Å². The van der Waals surface area contributed by atoms with Gasteiger partial charge in [0, 0.05) is 28.3 Å². The van der Waals surface area contributed by atoms with Gasteiger partial charge in [-0.15, -0.1) is 0 Å². The molecule has 0 atom stereocenters. The molecular formula is C22H24N4O3. The molecule has 7 heteroatoms. The maximum atomic E-state index is 12.7. The van der Waals surface area contributed by atoms with Gasteiger partial charge in [0.05, 0.1) is 5.56 Å². The lowest BCUT2D eigenvalue weighted by Gasteiger charge is -2.10. The van der Waals surface area contributed by atoms with Gasteiger partial charge in [0.2, 0.25) is 0 Å². The van der Waals surface area contributed by atoms with Crippen LogP contribution in [0.5, 0.6) is 0 Å². The van der Waals surface area contributed by atoms with Gasteiger partial charge in [0.15, 0.2) is 5.78 Å². The van der Waals surface area contributed by atoms with Crippen LogP contribution in [0.1, 0.15) is 60.8 Å². The molecule has 7 nitrogen and oxygen atoms in total. The van der Waals surface area contributed by atoms with Crippen LogP contribution in [0, 0.1) is 27.7 Å². The Kier molecular flexibility index (Phi) is 5.41. The molecular weight excluding hydrogens is 368 g/mol. The van der Waals surface area contributed by atoms with Gasteiger partial charge in [-0.3, -0.25) is 25.2 Å². The van der Waals surface area contributed by atoms with Gasteiger partial charge in [0.25, 0.3) is 11.8 Å². The number of aryl methyl sites for hydroxylation is 2. The molecule has 2 aromatic heterocycles. The Morgan fingerprint density at radius 2 is 1.55 bits per heavy atom. The minimum Gasteiger partial charge on any atom is -0.354 e. The highest BCUT2D eigenvalue weighted by atomic mass is 16.2. The van der Waals surface area contributed by atoms with Crippen LogP contribution in [0.15, 0.2) is 36.4 Å². The Balaban J connectivity index is 1.78. The number of aromatic nitrogens is 2. The van der Waals surface area contributed by atoms with Crippen LogP contribution < -0.4 is 10.9 Å². The van der Waals surface area contributed by atoms with Crippen molar-refractivity contribution in [2.75, 3.05) is 0 Å². The van der Waals surface area contributed by atoms with Gasteiger partial charge in [-0.1, -0.05) is 18.2 Å². The molecule has 150 valence electrons. The number of para-hydroxylation sites is 1. The van der Waals surface area contributed by atoms with Crippen molar-refractivity contribution >= 4 is 17.6 Å². The zero-order valence-corrected chi connectivity index (χ0v) is 17.1. The van der Waals surface area contributed by atoms with Gasteiger partial charge in [0.1, 0.15) is 5.69 Å². The third-order valence-electron chi connectivity index (χ3n) is 5.00. The topological polar surface area (TPSA) is 96.0 Å². The van der Waals surface area contributed by atoms with E-state index in [2.05, 4.69) is 15.8 Å². The van der Waals surface area contributed by atoms with Crippen molar-refractivity contribution in [3.8, 4) is 5.69 Å². The number of hydrazine groups is 1. The molecule has 0 radical (unpaired) electrons. The number of hydrogen-bond acceptors (Lipinski definition) is 3. The Bertz CT molecular complexity index is 1110. The van der Waals surface area contributed by atoms with Crippen LogP contribution in [-0.2, 0) is 0 Å². The average molecular weight is 392 g/mol. The number of ketones is 1. The van der Waals surface area contributed by atoms with E-state index in [1.807, 2.05) is 48.7 Å². The second-order valence-corrected chi connectivity index (χ2v) is 7.05. The van der Waals surface area contributed by atoms with Crippen LogP contribution in [0.4, 0.5) is 0 Å². The molecule has 0 fully saturated rings. The Morgan fingerprint density at radius 1 is 0.931 bits per heavy atom. The Morgan fingerprint density at radius 3 is 2.14 bits per heavy atom. The van der Waals surface area contributed by atoms with Crippen molar-refractivity contribution in [3.05, 3.63) is 75.9 Å². The maximum absolute atomic E-state index is 12.7. The van der Waals surface area contributed by atoms with E-state index >= 15 is 0 Å². The summed E-state index contributed by atoms with van der Waals surface area (Å²) < 4.78 is 1.98. The molecule has 0 aliphatic rings. The summed E-state index contributed by atoms with van der Waals surface area (Å²) in [5.74, 6) is -1.04. The number of Topliss-reactive ketones (excluding diaryl/α,β-unsaturated/α-hetero) is 1. The number of hydrogen-bond donors (Lipinski definition) is 3. The molecule has 2 heterocycles. The molecule has 0 unspecified atom stereocenters. The number of amides is 2. The fraction of sp³-hybridized carbons (Fsp3) is 0.227. The Hall–Kier alpha value is -3.61. The van der Waals surface area contributed by atoms with E-state index in [4.69, 9.17) is 0 Å². The van der Waals surface area contributed by atoms with Crippen molar-refractivity contribution in [2.45, 2.75) is 34.6 Å². The van der Waals surface area contributed by atoms with E-state index in [9.17, 15) is 14.4 Å². The molecule has 0 saturated carbocycles. The van der Waals surface area contributed by atoms with E-state index in [-0.39, 0.29) is 11.5 Å². The molecule has 3 rings (SSSR count). The monoisotopic (exact) mass is 392 g/mol. The summed E-state index contributed by atoms with van der Waals surface area (Å²) >= 11 is 0. The molecule has 0 aliphatic heterocycles. The van der Waals surface area contributed by atoms with Crippen molar-refractivity contribution < 1.29 is 14.4 Å². The van der Waals surface area contributed by atoms with Crippen LogP contribution in [0.2, 0.25) is 0 Å². The molecule has 0 saturated heterocycles. The summed E-state index contributed by atoms with van der Waals surface area (Å²) in [5.41, 5.74) is 9.91. The summed E-state index contributed by atoms with van der Waals surface area (Å²) in [6.45, 7) is 8.66. The predicted molar refractivity (Wildman–Crippen MR) is 110 cm³/mol. The zero-order chi connectivity index (χ0) is 21.3. The lowest BCUT2D eigenvalue weighted by molar-refractivity contribution is 0.0843. The lowest BCUT2D eigenvalue weighted by atomic mass is 10.1. The van der Waals surface area contributed by atoms with Crippen LogP contribution >= 0.6 is 0 Å². The number of H-pyrrole nitrogens is 1. The number of carbonyl (C=O) groups excluding carboxylic acids is 3. The molecule has 0 aliphatic carbocycles. The van der Waals surface area contributed by atoms with E-state index in [0.29, 0.717) is 22.4 Å². The van der Waals surface area contributed by atoms with Crippen molar-refractivity contribution in [1.29, 1.82) is 0 Å². The number of nitrogens with one attached hydrogen (secondary N) is 3. The van der Waals surface area contributed by atoms with Gasteiger partial charge in [-0.2, -0.15) is 0 Å². The van der Waals surface area contributed by atoms with Crippen LogP contribution in [-0.4, -0.2) is 27.1 Å². The molecule has 0 spiro atoms. The summed E-state index contributed by atoms with van der Waals surface area (Å²) in [6, 6.07) is 11.5. The SMILES string of the molecule is CC(=O)c1c(C)[nH]c(C(=O)NNC(=O)c2cc(C)n(-c3ccccc3)c2C)c1C. The molecule has 3 aromatic rings. The van der Waals surface area contributed by atoms with Crippen molar-refractivity contribution in [1.82, 2.24) is 20.4 Å². The fourth-order valence-electron chi connectivity index (χ4n) is 3.72. The first-order chi connectivity index (χ1) is 13.7. The zero-order valence-electron chi connectivity index (χ0n) is 17.1. The van der Waals surface area contributed by atoms with Gasteiger partial charge in [-0.25, -0.2) is 0 Å². The normalized spacial score (nSPS) is 10.7. The third kappa shape index (κ3) is 3.71. The highest BCUT2D eigenvalue weighted by molar-refractivity contribution is 6.03. The highest BCUT2D eigenvalue weighted by Crippen LogP contribution is 2.21. The maximum Gasteiger partial charge on any atom is 0.286 e. The first kappa shape index (κ1) is 20.1. The fourth-order valence-corrected chi connectivity index (χ4v) is 3.72. The molecule has 0 bridgehead atoms. The number of benzene rings is 1. The van der Waals surface area contributed by atoms with Crippen LogP contribution in [0.3, 0.4) is 0 Å². The van der Waals surface area contributed by atoms with Gasteiger partial charge >= 0.3 is 0 Å². The van der Waals surface area contributed by atoms with E-state index in [0.717, 1.165) is 17.1 Å². The Labute approximate surface area is 169 Å². The number of rotatable bonds is 4. The van der Waals surface area contributed by atoms with E-state index in [1.165, 1.54) is 6.92 Å². The first-order valence-corrected chi connectivity index (χ1v) is 9.27. The first-order valence-electron chi connectivity index (χ1n) is 9.27. The van der Waals surface area contributed by atoms with E-state index < -0.39 is 11.8 Å². The summed E-state index contributed by atoms with van der Waals surface area (Å²) in [4.78, 5) is 39.8. The lowest BCUT2D eigenvalue weighted by Crippen LogP contribution is -2.42. The third-order valence-corrected chi connectivity index (χ3v) is 5.00. The second kappa shape index (κ2) is 7.79. The summed E-state index contributed by atoms with van der Waals surface area (Å²) in [7, 11) is 0. The van der Waals surface area contributed by atoms with Gasteiger partial charge in [-0.05, 0) is 58.4 Å². The average Bonchev–Trinajstić information content (AvgIpc) is 3.15. The van der Waals surface area contributed by atoms with Gasteiger partial charge < -0.3 is 9.55 Å². The largest absolute Gasteiger partial charge is 0.354 e. The standard InChI is InChI=1S/C22H24N4O3/c1-12-11-18(15(4)26(12)17-9-7-6-8-10-17)21(28)24-25-22(29)20-13(2)19(16(5)27)14(3)23-20/h6-11,23H,1-5H3,(H,24,28)(H,25,29). The summed E-state index contributed by atoms with van der Waals surface area (Å²) in [6.07, 6.45) is 0. The highest BCUT2D eigenvalue weighted by Gasteiger charge is 2.21. The minimum atomic E-state index is -0.511. The second-order valence-electron chi connectivity index (χ2n) is 7.05. The molecule has 29 heavy (non-hydrogen) atoms. The smallest absolute Gasteiger partial charge is 0.286 e. The quantitative estimate of drug-likeness (QED) is 0.469. The number of carbonyl (C=O) groups is 3. The molecule has 3 N–H and O–H groups in total. The molecule has 1 aromatic carbocycles. The predicted octanol–water partition coefficient (Wildman–Crippen LogP) is 3.32. The summed E-state index contributed by atoms with van der Waals surface area (Å²) in [5, 5.41) is 0. The number of aromatic amines is 1. The van der Waals surface area contributed by atoms with Crippen molar-refractivity contribution in [3.63, 3.8) is 0 Å². The number of nitrogens with zero attached hydrogens (tertiary/aromatic N) is 1. The van der Waals surface area contributed by atoms with E-state index in [1.54, 1.807) is 19.9 Å². The molecule has 2 amide bonds.